The van der Waals surface area contributed by atoms with Gasteiger partial charge in [0.2, 0.25) is 0 Å². The van der Waals surface area contributed by atoms with Gasteiger partial charge in [0.15, 0.2) is 11.6 Å². The van der Waals surface area contributed by atoms with E-state index in [0.29, 0.717) is 20.3 Å². The van der Waals surface area contributed by atoms with Crippen molar-refractivity contribution in [3.05, 3.63) is 33.0 Å². The third-order valence-electron chi connectivity index (χ3n) is 1.84. The van der Waals surface area contributed by atoms with Crippen molar-refractivity contribution in [3.8, 4) is 11.3 Å². The first kappa shape index (κ1) is 10.6. The van der Waals surface area contributed by atoms with Gasteiger partial charge in [-0.15, -0.1) is 0 Å². The molecular formula is C9H5Br2FN2O. The van der Waals surface area contributed by atoms with Crippen LogP contribution in [0.3, 0.4) is 0 Å². The van der Waals surface area contributed by atoms with Crippen LogP contribution in [0.5, 0.6) is 0 Å². The predicted octanol–water partition coefficient (Wildman–Crippen LogP) is 3.59. The second-order valence-electron chi connectivity index (χ2n) is 2.84. The molecule has 1 aromatic carbocycles. The number of halogens is 3. The summed E-state index contributed by atoms with van der Waals surface area (Å²) in [5, 5.41) is 3.57. The standard InChI is InChI=1S/C9H5Br2FN2O/c10-5-2-1-4(3-6(5)12)8-7(11)9(13)14-15-8/h1-3H,(H2,13,14). The van der Waals surface area contributed by atoms with Crippen molar-refractivity contribution < 1.29 is 8.91 Å². The summed E-state index contributed by atoms with van der Waals surface area (Å²) in [7, 11) is 0. The van der Waals surface area contributed by atoms with Crippen molar-refractivity contribution in [2.24, 2.45) is 0 Å². The number of anilines is 1. The summed E-state index contributed by atoms with van der Waals surface area (Å²) in [6, 6.07) is 4.64. The van der Waals surface area contributed by atoms with Crippen LogP contribution in [-0.4, -0.2) is 5.16 Å². The Morgan fingerprint density at radius 3 is 2.60 bits per heavy atom. The Bertz CT molecular complexity index is 513. The van der Waals surface area contributed by atoms with E-state index in [1.165, 1.54) is 6.07 Å². The molecule has 0 fully saturated rings. The highest BCUT2D eigenvalue weighted by atomic mass is 79.9. The fourth-order valence-corrected chi connectivity index (χ4v) is 1.73. The molecule has 0 atom stereocenters. The van der Waals surface area contributed by atoms with Gasteiger partial charge in [-0.05, 0) is 50.1 Å². The minimum absolute atomic E-state index is 0.244. The zero-order chi connectivity index (χ0) is 11.0. The quantitative estimate of drug-likeness (QED) is 0.866. The molecule has 0 amide bonds. The van der Waals surface area contributed by atoms with Crippen molar-refractivity contribution >= 4 is 37.7 Å². The normalized spacial score (nSPS) is 10.6. The van der Waals surface area contributed by atoms with Crippen molar-refractivity contribution in [2.45, 2.75) is 0 Å². The van der Waals surface area contributed by atoms with Gasteiger partial charge in [0.25, 0.3) is 0 Å². The molecule has 1 aromatic heterocycles. The molecule has 78 valence electrons. The van der Waals surface area contributed by atoms with Crippen molar-refractivity contribution in [2.75, 3.05) is 5.73 Å². The van der Waals surface area contributed by atoms with Crippen LogP contribution in [0.4, 0.5) is 10.2 Å². The Balaban J connectivity index is 2.55. The molecule has 0 aliphatic heterocycles. The average molecular weight is 336 g/mol. The lowest BCUT2D eigenvalue weighted by Gasteiger charge is -1.98. The van der Waals surface area contributed by atoms with E-state index in [0.717, 1.165) is 0 Å². The number of rotatable bonds is 1. The van der Waals surface area contributed by atoms with Crippen molar-refractivity contribution in [1.82, 2.24) is 5.16 Å². The molecule has 2 rings (SSSR count). The number of hydrogen-bond acceptors (Lipinski definition) is 3. The third kappa shape index (κ3) is 1.91. The molecule has 0 spiro atoms. The number of nitrogens with two attached hydrogens (primary N) is 1. The first-order valence-electron chi connectivity index (χ1n) is 3.95. The van der Waals surface area contributed by atoms with Crippen molar-refractivity contribution in [1.29, 1.82) is 0 Å². The number of aromatic nitrogens is 1. The lowest BCUT2D eigenvalue weighted by Crippen LogP contribution is -1.84. The van der Waals surface area contributed by atoms with Gasteiger partial charge in [0, 0.05) is 5.56 Å². The second-order valence-corrected chi connectivity index (χ2v) is 4.49. The average Bonchev–Trinajstić information content (AvgIpc) is 2.53. The van der Waals surface area contributed by atoms with Crippen molar-refractivity contribution in [3.63, 3.8) is 0 Å². The van der Waals surface area contributed by atoms with E-state index < -0.39 is 0 Å². The fraction of sp³-hybridized carbons (Fsp3) is 0. The third-order valence-corrected chi connectivity index (χ3v) is 3.25. The molecule has 2 aromatic rings. The van der Waals surface area contributed by atoms with Gasteiger partial charge in [-0.25, -0.2) is 4.39 Å². The van der Waals surface area contributed by atoms with Gasteiger partial charge < -0.3 is 10.3 Å². The van der Waals surface area contributed by atoms with Crippen LogP contribution in [-0.2, 0) is 0 Å². The summed E-state index contributed by atoms with van der Waals surface area (Å²) in [5.41, 5.74) is 6.07. The molecule has 0 bridgehead atoms. The van der Waals surface area contributed by atoms with Crippen LogP contribution in [0.2, 0.25) is 0 Å². The monoisotopic (exact) mass is 334 g/mol. The van der Waals surface area contributed by atoms with Gasteiger partial charge in [-0.3, -0.25) is 0 Å². The van der Waals surface area contributed by atoms with Crippen LogP contribution < -0.4 is 5.73 Å². The Morgan fingerprint density at radius 2 is 2.07 bits per heavy atom. The summed E-state index contributed by atoms with van der Waals surface area (Å²) in [6.07, 6.45) is 0. The Morgan fingerprint density at radius 1 is 1.33 bits per heavy atom. The highest BCUT2D eigenvalue weighted by molar-refractivity contribution is 9.11. The van der Waals surface area contributed by atoms with Crippen LogP contribution in [0.1, 0.15) is 0 Å². The van der Waals surface area contributed by atoms with E-state index in [1.54, 1.807) is 12.1 Å². The largest absolute Gasteiger partial charge is 0.380 e. The van der Waals surface area contributed by atoms with Gasteiger partial charge >= 0.3 is 0 Å². The fourth-order valence-electron chi connectivity index (χ4n) is 1.11. The molecule has 0 aliphatic carbocycles. The molecule has 6 heteroatoms. The van der Waals surface area contributed by atoms with E-state index in [-0.39, 0.29) is 11.6 Å². The molecule has 0 aliphatic rings. The van der Waals surface area contributed by atoms with E-state index in [2.05, 4.69) is 37.0 Å². The lowest BCUT2D eigenvalue weighted by atomic mass is 10.2. The molecule has 0 unspecified atom stereocenters. The highest BCUT2D eigenvalue weighted by Gasteiger charge is 2.14. The SMILES string of the molecule is Nc1noc(-c2ccc(Br)c(F)c2)c1Br. The molecule has 0 saturated carbocycles. The van der Waals surface area contributed by atoms with E-state index in [1.807, 2.05) is 0 Å². The van der Waals surface area contributed by atoms with Gasteiger partial charge in [-0.2, -0.15) is 0 Å². The first-order chi connectivity index (χ1) is 7.09. The summed E-state index contributed by atoms with van der Waals surface area (Å²) < 4.78 is 19.1. The predicted molar refractivity (Wildman–Crippen MR) is 61.7 cm³/mol. The van der Waals surface area contributed by atoms with Gasteiger partial charge in [-0.1, -0.05) is 5.16 Å². The number of hydrogen-bond donors (Lipinski definition) is 1. The van der Waals surface area contributed by atoms with Crippen LogP contribution in [0, 0.1) is 5.82 Å². The first-order valence-corrected chi connectivity index (χ1v) is 5.54. The summed E-state index contributed by atoms with van der Waals surface area (Å²) >= 11 is 6.28. The number of nitrogen functional groups attached to an aromatic ring is 1. The van der Waals surface area contributed by atoms with Crippen LogP contribution >= 0.6 is 31.9 Å². The molecule has 0 saturated heterocycles. The van der Waals surface area contributed by atoms with E-state index in [9.17, 15) is 4.39 Å². The Hall–Kier alpha value is -0.880. The molecular weight excluding hydrogens is 331 g/mol. The number of nitrogens with zero attached hydrogens (tertiary/aromatic N) is 1. The Kier molecular flexibility index (Phi) is 2.79. The second kappa shape index (κ2) is 3.94. The summed E-state index contributed by atoms with van der Waals surface area (Å²) in [4.78, 5) is 0. The van der Waals surface area contributed by atoms with E-state index >= 15 is 0 Å². The summed E-state index contributed by atoms with van der Waals surface area (Å²) in [5.74, 6) is 0.293. The molecule has 15 heavy (non-hydrogen) atoms. The highest BCUT2D eigenvalue weighted by Crippen LogP contribution is 2.33. The molecule has 2 N–H and O–H groups in total. The Labute approximate surface area is 102 Å². The van der Waals surface area contributed by atoms with Gasteiger partial charge in [0.05, 0.1) is 4.47 Å². The molecule has 1 heterocycles. The summed E-state index contributed by atoms with van der Waals surface area (Å²) in [6.45, 7) is 0. The zero-order valence-corrected chi connectivity index (χ0v) is 10.5. The molecule has 0 radical (unpaired) electrons. The smallest absolute Gasteiger partial charge is 0.183 e. The maximum Gasteiger partial charge on any atom is 0.183 e. The topological polar surface area (TPSA) is 52.0 Å². The maximum absolute atomic E-state index is 13.2. The minimum Gasteiger partial charge on any atom is -0.380 e. The molecule has 3 nitrogen and oxygen atoms in total. The lowest BCUT2D eigenvalue weighted by molar-refractivity contribution is 0.435. The minimum atomic E-state index is -0.366. The van der Waals surface area contributed by atoms with E-state index in [4.69, 9.17) is 10.3 Å². The zero-order valence-electron chi connectivity index (χ0n) is 7.30. The van der Waals surface area contributed by atoms with Gasteiger partial charge in [0.1, 0.15) is 10.3 Å². The maximum atomic E-state index is 13.2. The number of benzene rings is 1. The van der Waals surface area contributed by atoms with Crippen LogP contribution in [0.15, 0.2) is 31.7 Å². The van der Waals surface area contributed by atoms with Crippen LogP contribution in [0.25, 0.3) is 11.3 Å².